The van der Waals surface area contributed by atoms with Crippen LogP contribution in [0.25, 0.3) is 0 Å². The van der Waals surface area contributed by atoms with Gasteiger partial charge < -0.3 is 10.6 Å². The van der Waals surface area contributed by atoms with Gasteiger partial charge in [0.2, 0.25) is 0 Å². The fourth-order valence-electron chi connectivity index (χ4n) is 2.51. The van der Waals surface area contributed by atoms with Gasteiger partial charge in [-0.15, -0.1) is 12.4 Å². The molecule has 120 valence electrons. The lowest BCUT2D eigenvalue weighted by Gasteiger charge is -2.22. The van der Waals surface area contributed by atoms with Gasteiger partial charge in [-0.2, -0.15) is 0 Å². The second kappa shape index (κ2) is 7.42. The summed E-state index contributed by atoms with van der Waals surface area (Å²) in [4.78, 5) is 2.58. The van der Waals surface area contributed by atoms with Crippen molar-refractivity contribution in [2.75, 3.05) is 31.9 Å². The normalized spacial score (nSPS) is 23.0. The molecule has 1 aliphatic heterocycles. The summed E-state index contributed by atoms with van der Waals surface area (Å²) in [5, 5.41) is 0. The molecule has 21 heavy (non-hydrogen) atoms. The van der Waals surface area contributed by atoms with Crippen LogP contribution in [0.5, 0.6) is 0 Å². The van der Waals surface area contributed by atoms with Gasteiger partial charge in [0, 0.05) is 17.6 Å². The van der Waals surface area contributed by atoms with Crippen molar-refractivity contribution in [3.63, 3.8) is 0 Å². The van der Waals surface area contributed by atoms with Gasteiger partial charge in [-0.25, -0.2) is 8.42 Å². The van der Waals surface area contributed by atoms with Crippen LogP contribution in [0, 0.1) is 5.41 Å². The van der Waals surface area contributed by atoms with Crippen LogP contribution in [-0.4, -0.2) is 45.2 Å². The van der Waals surface area contributed by atoms with E-state index in [0.29, 0.717) is 18.0 Å². The number of rotatable bonds is 5. The largest absolute Gasteiger partial charge is 0.330 e. The summed E-state index contributed by atoms with van der Waals surface area (Å²) < 4.78 is 25.4. The van der Waals surface area contributed by atoms with E-state index in [2.05, 4.69) is 27.8 Å². The van der Waals surface area contributed by atoms with E-state index >= 15 is 0 Å². The predicted molar refractivity (Wildman–Crippen MR) is 91.7 cm³/mol. The third-order valence-electron chi connectivity index (χ3n) is 3.96. The van der Waals surface area contributed by atoms with Crippen LogP contribution >= 0.6 is 28.3 Å². The van der Waals surface area contributed by atoms with E-state index in [4.69, 9.17) is 5.73 Å². The maximum atomic E-state index is 12.3. The molecule has 0 spiro atoms. The van der Waals surface area contributed by atoms with Crippen LogP contribution in [0.15, 0.2) is 33.6 Å². The van der Waals surface area contributed by atoms with Gasteiger partial charge in [0.05, 0.1) is 10.6 Å². The summed E-state index contributed by atoms with van der Waals surface area (Å²) in [6, 6.07) is 6.88. The average molecular weight is 398 g/mol. The SMILES string of the molecule is CC1(CN)CCN(CCS(=O)(=O)c2cccc(Br)c2)C1.Cl. The first kappa shape index (κ1) is 18.9. The molecule has 1 heterocycles. The summed E-state index contributed by atoms with van der Waals surface area (Å²) >= 11 is 3.31. The van der Waals surface area contributed by atoms with E-state index in [9.17, 15) is 8.42 Å². The van der Waals surface area contributed by atoms with Crippen molar-refractivity contribution in [2.24, 2.45) is 11.1 Å². The summed E-state index contributed by atoms with van der Waals surface area (Å²) in [5.41, 5.74) is 5.91. The number of nitrogens with two attached hydrogens (primary N) is 1. The Hall–Kier alpha value is -0.140. The standard InChI is InChI=1S/C14H21BrN2O2S.ClH/c1-14(10-16)5-6-17(11-14)7-8-20(18,19)13-4-2-3-12(15)9-13;/h2-4,9H,5-8,10-11,16H2,1H3;1H. The van der Waals surface area contributed by atoms with Crippen molar-refractivity contribution < 1.29 is 8.42 Å². The summed E-state index contributed by atoms with van der Waals surface area (Å²) in [5.74, 6) is 0.157. The Kier molecular flexibility index (Phi) is 6.68. The quantitative estimate of drug-likeness (QED) is 0.828. The summed E-state index contributed by atoms with van der Waals surface area (Å²) in [6.07, 6.45) is 1.04. The van der Waals surface area contributed by atoms with Gasteiger partial charge in [-0.05, 0) is 43.1 Å². The number of sulfone groups is 1. The molecule has 1 unspecified atom stereocenters. The second-order valence-electron chi connectivity index (χ2n) is 5.82. The zero-order valence-electron chi connectivity index (χ0n) is 12.1. The molecule has 0 saturated carbocycles. The Bertz CT molecular complexity index is 582. The van der Waals surface area contributed by atoms with Crippen LogP contribution < -0.4 is 5.73 Å². The number of benzene rings is 1. The first-order valence-corrected chi connectivity index (χ1v) is 9.20. The van der Waals surface area contributed by atoms with Crippen molar-refractivity contribution >= 4 is 38.2 Å². The molecule has 2 N–H and O–H groups in total. The van der Waals surface area contributed by atoms with Crippen molar-refractivity contribution in [1.29, 1.82) is 0 Å². The first-order chi connectivity index (χ1) is 9.35. The molecule has 1 saturated heterocycles. The van der Waals surface area contributed by atoms with Crippen molar-refractivity contribution in [1.82, 2.24) is 4.90 Å². The minimum atomic E-state index is -3.22. The molecule has 0 amide bonds. The zero-order chi connectivity index (χ0) is 14.8. The summed E-state index contributed by atoms with van der Waals surface area (Å²) in [7, 11) is -3.22. The fraction of sp³-hybridized carbons (Fsp3) is 0.571. The minimum Gasteiger partial charge on any atom is -0.330 e. The van der Waals surface area contributed by atoms with Crippen molar-refractivity contribution in [3.05, 3.63) is 28.7 Å². The second-order valence-corrected chi connectivity index (χ2v) is 8.84. The van der Waals surface area contributed by atoms with Crippen LogP contribution in [-0.2, 0) is 9.84 Å². The number of halogens is 2. The third-order valence-corrected chi connectivity index (χ3v) is 6.15. The molecule has 1 aromatic rings. The highest BCUT2D eigenvalue weighted by Crippen LogP contribution is 2.28. The van der Waals surface area contributed by atoms with Crippen LogP contribution in [0.3, 0.4) is 0 Å². The maximum Gasteiger partial charge on any atom is 0.179 e. The van der Waals surface area contributed by atoms with E-state index in [-0.39, 0.29) is 23.6 Å². The Morgan fingerprint density at radius 1 is 1.43 bits per heavy atom. The molecular formula is C14H22BrClN2O2S. The minimum absolute atomic E-state index is 0. The van der Waals surface area contributed by atoms with Crippen molar-refractivity contribution in [3.8, 4) is 0 Å². The monoisotopic (exact) mass is 396 g/mol. The van der Waals surface area contributed by atoms with E-state index in [0.717, 1.165) is 24.0 Å². The molecule has 0 aliphatic carbocycles. The molecule has 2 rings (SSSR count). The number of hydrogen-bond acceptors (Lipinski definition) is 4. The number of hydrogen-bond donors (Lipinski definition) is 1. The van der Waals surface area contributed by atoms with Gasteiger partial charge in [0.1, 0.15) is 0 Å². The van der Waals surface area contributed by atoms with Crippen LogP contribution in [0.1, 0.15) is 13.3 Å². The zero-order valence-corrected chi connectivity index (χ0v) is 15.3. The van der Waals surface area contributed by atoms with Gasteiger partial charge in [0.15, 0.2) is 9.84 Å². The molecule has 1 fully saturated rings. The van der Waals surface area contributed by atoms with Gasteiger partial charge in [-0.1, -0.05) is 28.9 Å². The Labute approximate surface area is 141 Å². The van der Waals surface area contributed by atoms with E-state index in [1.807, 2.05) is 6.07 Å². The molecule has 0 aromatic heterocycles. The Morgan fingerprint density at radius 3 is 2.71 bits per heavy atom. The maximum absolute atomic E-state index is 12.3. The highest BCUT2D eigenvalue weighted by atomic mass is 79.9. The number of likely N-dealkylation sites (tertiary alicyclic amines) is 1. The third kappa shape index (κ3) is 4.93. The number of nitrogens with zero attached hydrogens (tertiary/aromatic N) is 1. The molecule has 1 aliphatic rings. The predicted octanol–water partition coefficient (Wildman–Crippen LogP) is 2.32. The van der Waals surface area contributed by atoms with Crippen LogP contribution in [0.4, 0.5) is 0 Å². The summed E-state index contributed by atoms with van der Waals surface area (Å²) in [6.45, 7) is 5.21. The van der Waals surface area contributed by atoms with E-state index < -0.39 is 9.84 Å². The molecule has 0 bridgehead atoms. The average Bonchev–Trinajstić information content (AvgIpc) is 2.79. The Balaban J connectivity index is 0.00000220. The first-order valence-electron chi connectivity index (χ1n) is 6.75. The molecular weight excluding hydrogens is 376 g/mol. The molecule has 1 atom stereocenters. The smallest absolute Gasteiger partial charge is 0.179 e. The van der Waals surface area contributed by atoms with Crippen LogP contribution in [0.2, 0.25) is 0 Å². The highest BCUT2D eigenvalue weighted by molar-refractivity contribution is 9.10. The highest BCUT2D eigenvalue weighted by Gasteiger charge is 2.32. The lowest BCUT2D eigenvalue weighted by Crippen LogP contribution is -2.33. The molecule has 1 aromatic carbocycles. The fourth-order valence-corrected chi connectivity index (χ4v) is 4.39. The van der Waals surface area contributed by atoms with E-state index in [1.165, 1.54) is 0 Å². The Morgan fingerprint density at radius 2 is 2.14 bits per heavy atom. The molecule has 7 heteroatoms. The van der Waals surface area contributed by atoms with Gasteiger partial charge >= 0.3 is 0 Å². The van der Waals surface area contributed by atoms with Crippen molar-refractivity contribution in [2.45, 2.75) is 18.2 Å². The van der Waals surface area contributed by atoms with Gasteiger partial charge in [-0.3, -0.25) is 0 Å². The topological polar surface area (TPSA) is 63.4 Å². The van der Waals surface area contributed by atoms with Gasteiger partial charge in [0.25, 0.3) is 0 Å². The molecule has 4 nitrogen and oxygen atoms in total. The van der Waals surface area contributed by atoms with E-state index in [1.54, 1.807) is 18.2 Å². The lowest BCUT2D eigenvalue weighted by molar-refractivity contribution is 0.291. The molecule has 0 radical (unpaired) electrons. The lowest BCUT2D eigenvalue weighted by atomic mass is 9.90.